The van der Waals surface area contributed by atoms with Gasteiger partial charge in [0.05, 0.1) is 7.11 Å². The highest BCUT2D eigenvalue weighted by molar-refractivity contribution is 5.58. The molecule has 5 heteroatoms. The van der Waals surface area contributed by atoms with Crippen molar-refractivity contribution in [3.05, 3.63) is 41.5 Å². The van der Waals surface area contributed by atoms with Gasteiger partial charge in [-0.25, -0.2) is 14.4 Å². The molecule has 1 aromatic carbocycles. The van der Waals surface area contributed by atoms with Gasteiger partial charge in [-0.2, -0.15) is 0 Å². The lowest BCUT2D eigenvalue weighted by Gasteiger charge is -2.15. The summed E-state index contributed by atoms with van der Waals surface area (Å²) < 4.78 is 18.4. The Labute approximate surface area is 124 Å². The summed E-state index contributed by atoms with van der Waals surface area (Å²) in [5, 5.41) is 3.34. The number of nitrogens with zero attached hydrogens (tertiary/aromatic N) is 2. The van der Waals surface area contributed by atoms with Crippen LogP contribution in [0.15, 0.2) is 24.4 Å². The van der Waals surface area contributed by atoms with Crippen LogP contribution in [0.2, 0.25) is 0 Å². The van der Waals surface area contributed by atoms with Crippen molar-refractivity contribution in [1.29, 1.82) is 0 Å². The molecule has 0 spiro atoms. The molecule has 2 rings (SSSR count). The van der Waals surface area contributed by atoms with Crippen molar-refractivity contribution >= 4 is 0 Å². The molecule has 1 unspecified atom stereocenters. The van der Waals surface area contributed by atoms with E-state index in [0.717, 1.165) is 23.4 Å². The normalized spacial score (nSPS) is 12.2. The largest absolute Gasteiger partial charge is 0.494 e. The van der Waals surface area contributed by atoms with Gasteiger partial charge in [-0.05, 0) is 38.6 Å². The van der Waals surface area contributed by atoms with Crippen molar-refractivity contribution in [3.63, 3.8) is 0 Å². The van der Waals surface area contributed by atoms with Gasteiger partial charge in [0, 0.05) is 29.1 Å². The van der Waals surface area contributed by atoms with Crippen LogP contribution in [-0.4, -0.2) is 23.6 Å². The van der Waals surface area contributed by atoms with Gasteiger partial charge in [0.25, 0.3) is 0 Å². The standard InChI is InChI=1S/C16H20FN3O/c1-5-18-10(2)13-9-19-16(20-11(13)3)12-6-7-14(17)15(8-12)21-4/h6-10,18H,5H2,1-4H3. The van der Waals surface area contributed by atoms with Crippen LogP contribution in [0.4, 0.5) is 4.39 Å². The van der Waals surface area contributed by atoms with Crippen LogP contribution in [0.5, 0.6) is 5.75 Å². The van der Waals surface area contributed by atoms with E-state index in [1.54, 1.807) is 12.1 Å². The highest BCUT2D eigenvalue weighted by atomic mass is 19.1. The van der Waals surface area contributed by atoms with Gasteiger partial charge in [0.1, 0.15) is 0 Å². The van der Waals surface area contributed by atoms with Crippen molar-refractivity contribution in [3.8, 4) is 17.1 Å². The Hall–Kier alpha value is -2.01. The Kier molecular flexibility index (Phi) is 4.85. The summed E-state index contributed by atoms with van der Waals surface area (Å²) >= 11 is 0. The lowest BCUT2D eigenvalue weighted by Crippen LogP contribution is -2.19. The molecule has 0 aliphatic rings. The van der Waals surface area contributed by atoms with Gasteiger partial charge in [-0.1, -0.05) is 6.92 Å². The Morgan fingerprint density at radius 2 is 2.14 bits per heavy atom. The quantitative estimate of drug-likeness (QED) is 0.917. The molecule has 1 N–H and O–H groups in total. The second-order valence-electron chi connectivity index (χ2n) is 4.86. The molecule has 0 amide bonds. The van der Waals surface area contributed by atoms with Gasteiger partial charge in [-0.15, -0.1) is 0 Å². The van der Waals surface area contributed by atoms with Gasteiger partial charge in [0.2, 0.25) is 0 Å². The molecule has 0 radical (unpaired) electrons. The average molecular weight is 289 g/mol. The van der Waals surface area contributed by atoms with E-state index < -0.39 is 5.82 Å². The van der Waals surface area contributed by atoms with E-state index in [-0.39, 0.29) is 11.8 Å². The van der Waals surface area contributed by atoms with Crippen LogP contribution < -0.4 is 10.1 Å². The van der Waals surface area contributed by atoms with E-state index in [4.69, 9.17) is 4.74 Å². The van der Waals surface area contributed by atoms with Crippen molar-refractivity contribution < 1.29 is 9.13 Å². The molecule has 2 aromatic rings. The third-order valence-electron chi connectivity index (χ3n) is 3.40. The fourth-order valence-electron chi connectivity index (χ4n) is 2.26. The summed E-state index contributed by atoms with van der Waals surface area (Å²) in [5.41, 5.74) is 2.71. The lowest BCUT2D eigenvalue weighted by atomic mass is 10.1. The molecular formula is C16H20FN3O. The van der Waals surface area contributed by atoms with Crippen molar-refractivity contribution in [1.82, 2.24) is 15.3 Å². The highest BCUT2D eigenvalue weighted by Crippen LogP contribution is 2.25. The van der Waals surface area contributed by atoms with E-state index in [2.05, 4.69) is 29.1 Å². The molecule has 1 aromatic heterocycles. The van der Waals surface area contributed by atoms with Crippen LogP contribution in [0.1, 0.15) is 31.1 Å². The first-order valence-electron chi connectivity index (χ1n) is 6.97. The second-order valence-corrected chi connectivity index (χ2v) is 4.86. The van der Waals surface area contributed by atoms with E-state index >= 15 is 0 Å². The Morgan fingerprint density at radius 1 is 1.38 bits per heavy atom. The fraction of sp³-hybridized carbons (Fsp3) is 0.375. The zero-order valence-corrected chi connectivity index (χ0v) is 12.8. The number of halogens is 1. The van der Waals surface area contributed by atoms with Crippen LogP contribution in [-0.2, 0) is 0 Å². The first-order chi connectivity index (χ1) is 10.1. The van der Waals surface area contributed by atoms with E-state index in [1.165, 1.54) is 13.2 Å². The molecule has 21 heavy (non-hydrogen) atoms. The molecule has 1 atom stereocenters. The van der Waals surface area contributed by atoms with Gasteiger partial charge in [-0.3, -0.25) is 0 Å². The number of aryl methyl sites for hydroxylation is 1. The monoisotopic (exact) mass is 289 g/mol. The fourth-order valence-corrected chi connectivity index (χ4v) is 2.26. The zero-order chi connectivity index (χ0) is 15.4. The minimum atomic E-state index is -0.393. The summed E-state index contributed by atoms with van der Waals surface area (Å²) in [4.78, 5) is 8.91. The average Bonchev–Trinajstić information content (AvgIpc) is 2.47. The molecule has 0 aliphatic heterocycles. The molecular weight excluding hydrogens is 269 g/mol. The number of hydrogen-bond donors (Lipinski definition) is 1. The highest BCUT2D eigenvalue weighted by Gasteiger charge is 2.12. The van der Waals surface area contributed by atoms with Gasteiger partial charge < -0.3 is 10.1 Å². The predicted octanol–water partition coefficient (Wildman–Crippen LogP) is 3.27. The summed E-state index contributed by atoms with van der Waals surface area (Å²) in [5.74, 6) is 0.368. The minimum absolute atomic E-state index is 0.193. The van der Waals surface area contributed by atoms with Crippen LogP contribution in [0.25, 0.3) is 11.4 Å². The molecule has 0 saturated heterocycles. The third kappa shape index (κ3) is 3.36. The molecule has 1 heterocycles. The summed E-state index contributed by atoms with van der Waals surface area (Å²) in [6.07, 6.45) is 1.82. The van der Waals surface area contributed by atoms with Crippen LogP contribution in [0.3, 0.4) is 0 Å². The van der Waals surface area contributed by atoms with Crippen molar-refractivity contribution in [2.75, 3.05) is 13.7 Å². The first-order valence-corrected chi connectivity index (χ1v) is 6.97. The Bertz CT molecular complexity index is 631. The number of nitrogens with one attached hydrogen (secondary N) is 1. The number of ether oxygens (including phenoxy) is 1. The SMILES string of the molecule is CCNC(C)c1cnc(-c2ccc(F)c(OC)c2)nc1C. The predicted molar refractivity (Wildman–Crippen MR) is 80.8 cm³/mol. The van der Waals surface area contributed by atoms with E-state index in [1.807, 2.05) is 13.1 Å². The number of hydrogen-bond acceptors (Lipinski definition) is 4. The van der Waals surface area contributed by atoms with Gasteiger partial charge >= 0.3 is 0 Å². The number of methoxy groups -OCH3 is 1. The molecule has 4 nitrogen and oxygen atoms in total. The van der Waals surface area contributed by atoms with Crippen LogP contribution in [0, 0.1) is 12.7 Å². The molecule has 112 valence electrons. The minimum Gasteiger partial charge on any atom is -0.494 e. The van der Waals surface area contributed by atoms with E-state index in [0.29, 0.717) is 5.82 Å². The number of aromatic nitrogens is 2. The first kappa shape index (κ1) is 15.4. The maximum atomic E-state index is 13.4. The van der Waals surface area contributed by atoms with Crippen molar-refractivity contribution in [2.24, 2.45) is 0 Å². The topological polar surface area (TPSA) is 47.0 Å². The maximum absolute atomic E-state index is 13.4. The Morgan fingerprint density at radius 3 is 2.76 bits per heavy atom. The molecule has 0 fully saturated rings. The van der Waals surface area contributed by atoms with Gasteiger partial charge in [0.15, 0.2) is 17.4 Å². The lowest BCUT2D eigenvalue weighted by molar-refractivity contribution is 0.386. The zero-order valence-electron chi connectivity index (χ0n) is 12.8. The smallest absolute Gasteiger partial charge is 0.165 e. The maximum Gasteiger partial charge on any atom is 0.165 e. The van der Waals surface area contributed by atoms with Crippen molar-refractivity contribution in [2.45, 2.75) is 26.8 Å². The van der Waals surface area contributed by atoms with Crippen LogP contribution >= 0.6 is 0 Å². The molecule has 0 saturated carbocycles. The molecule has 0 aliphatic carbocycles. The Balaban J connectivity index is 2.36. The van der Waals surface area contributed by atoms with E-state index in [9.17, 15) is 4.39 Å². The molecule has 0 bridgehead atoms. The summed E-state index contributed by atoms with van der Waals surface area (Å²) in [6.45, 7) is 6.98. The third-order valence-corrected chi connectivity index (χ3v) is 3.40. The summed E-state index contributed by atoms with van der Waals surface area (Å²) in [6, 6.07) is 4.83. The number of rotatable bonds is 5. The number of benzene rings is 1. The summed E-state index contributed by atoms with van der Waals surface area (Å²) in [7, 11) is 1.44. The second kappa shape index (κ2) is 6.63.